The largest absolute Gasteiger partial charge is 0.433 e. The molecule has 10 heteroatoms. The Labute approximate surface area is 163 Å². The second kappa shape index (κ2) is 8.93. The summed E-state index contributed by atoms with van der Waals surface area (Å²) in [5, 5.41) is 9.48. The van der Waals surface area contributed by atoms with Crippen LogP contribution < -0.4 is 16.0 Å². The molecule has 2 aliphatic heterocycles. The summed E-state index contributed by atoms with van der Waals surface area (Å²) in [4.78, 5) is 14.1. The lowest BCUT2D eigenvalue weighted by molar-refractivity contribution is -0.141. The van der Waals surface area contributed by atoms with Crippen molar-refractivity contribution in [2.45, 2.75) is 56.4 Å². The number of hydrogen-bond donors (Lipinski definition) is 3. The average molecular weight is 399 g/mol. The Hall–Kier alpha value is -2.10. The molecule has 7 nitrogen and oxygen atoms in total. The standard InChI is InChI=1S/C18H28F3N7/c1-22-16(26-12-10-13-4-3-5-14(11-12)28(13)2)24-8-9-25-17-23-7-6-15(27-17)18(19,20)21/h6-7,12-14H,3-5,8-11H2,1-2H3,(H2,22,24,26)(H,23,25,27). The molecule has 2 aliphatic rings. The van der Waals surface area contributed by atoms with Crippen LogP contribution in [0.1, 0.15) is 37.8 Å². The van der Waals surface area contributed by atoms with Gasteiger partial charge in [-0.15, -0.1) is 0 Å². The molecule has 3 heterocycles. The van der Waals surface area contributed by atoms with Crippen LogP contribution in [0.25, 0.3) is 0 Å². The van der Waals surface area contributed by atoms with Crippen molar-refractivity contribution in [2.24, 2.45) is 4.99 Å². The number of halogens is 3. The minimum atomic E-state index is -4.48. The third-order valence-corrected chi connectivity index (χ3v) is 5.55. The highest BCUT2D eigenvalue weighted by molar-refractivity contribution is 5.80. The van der Waals surface area contributed by atoms with E-state index >= 15 is 0 Å². The molecule has 2 saturated heterocycles. The van der Waals surface area contributed by atoms with Crippen molar-refractivity contribution in [1.29, 1.82) is 0 Å². The first kappa shape index (κ1) is 20.6. The third kappa shape index (κ3) is 5.24. The molecule has 2 unspecified atom stereocenters. The molecule has 1 aromatic heterocycles. The van der Waals surface area contributed by atoms with Gasteiger partial charge in [-0.1, -0.05) is 6.42 Å². The Bertz CT molecular complexity index is 665. The molecule has 0 amide bonds. The smallest absolute Gasteiger partial charge is 0.355 e. The minimum absolute atomic E-state index is 0.0392. The van der Waals surface area contributed by atoms with Gasteiger partial charge in [0.25, 0.3) is 0 Å². The number of aromatic nitrogens is 2. The number of fused-ring (bicyclic) bond motifs is 2. The summed E-state index contributed by atoms with van der Waals surface area (Å²) in [5.41, 5.74) is -0.955. The van der Waals surface area contributed by atoms with E-state index in [1.807, 2.05) is 0 Å². The van der Waals surface area contributed by atoms with E-state index in [2.05, 4.69) is 42.9 Å². The van der Waals surface area contributed by atoms with E-state index in [1.54, 1.807) is 7.05 Å². The fraction of sp³-hybridized carbons (Fsp3) is 0.722. The van der Waals surface area contributed by atoms with Gasteiger partial charge >= 0.3 is 6.18 Å². The molecular formula is C18H28F3N7. The van der Waals surface area contributed by atoms with Crippen molar-refractivity contribution in [1.82, 2.24) is 25.5 Å². The number of piperidine rings is 2. The van der Waals surface area contributed by atoms with Crippen LogP contribution in [0, 0.1) is 0 Å². The fourth-order valence-electron chi connectivity index (χ4n) is 4.08. The van der Waals surface area contributed by atoms with Gasteiger partial charge in [0.2, 0.25) is 5.95 Å². The monoisotopic (exact) mass is 399 g/mol. The molecule has 156 valence electrons. The Morgan fingerprint density at radius 3 is 2.61 bits per heavy atom. The van der Waals surface area contributed by atoms with Crippen molar-refractivity contribution in [3.05, 3.63) is 18.0 Å². The summed E-state index contributed by atoms with van der Waals surface area (Å²) >= 11 is 0. The maximum absolute atomic E-state index is 12.7. The lowest BCUT2D eigenvalue weighted by Crippen LogP contribution is -2.56. The SMILES string of the molecule is CN=C(NCCNc1nccc(C(F)(F)F)n1)NC1CC2CCCC(C1)N2C. The molecule has 3 rings (SSSR count). The number of hydrogen-bond acceptors (Lipinski definition) is 5. The highest BCUT2D eigenvalue weighted by Gasteiger charge is 2.36. The van der Waals surface area contributed by atoms with Crippen LogP contribution in [0.4, 0.5) is 19.1 Å². The predicted octanol–water partition coefficient (Wildman–Crippen LogP) is 2.09. The first-order valence-corrected chi connectivity index (χ1v) is 9.70. The molecule has 3 N–H and O–H groups in total. The molecule has 0 radical (unpaired) electrons. The van der Waals surface area contributed by atoms with Crippen LogP contribution in [0.2, 0.25) is 0 Å². The number of nitrogens with zero attached hydrogens (tertiary/aromatic N) is 4. The van der Waals surface area contributed by atoms with Gasteiger partial charge in [0.05, 0.1) is 0 Å². The zero-order valence-corrected chi connectivity index (χ0v) is 16.3. The van der Waals surface area contributed by atoms with Gasteiger partial charge in [-0.05, 0) is 38.8 Å². The van der Waals surface area contributed by atoms with Gasteiger partial charge in [-0.2, -0.15) is 13.2 Å². The zero-order chi connectivity index (χ0) is 20.1. The summed E-state index contributed by atoms with van der Waals surface area (Å²) in [7, 11) is 3.94. The highest BCUT2D eigenvalue weighted by atomic mass is 19.4. The average Bonchev–Trinajstić information content (AvgIpc) is 2.64. The number of anilines is 1. The lowest BCUT2D eigenvalue weighted by Gasteiger charge is -2.47. The summed E-state index contributed by atoms with van der Waals surface area (Å²) in [6, 6.07) is 2.50. The molecular weight excluding hydrogens is 371 g/mol. The molecule has 28 heavy (non-hydrogen) atoms. The molecule has 2 atom stereocenters. The Morgan fingerprint density at radius 1 is 1.25 bits per heavy atom. The number of guanidine groups is 1. The van der Waals surface area contributed by atoms with Gasteiger partial charge in [-0.25, -0.2) is 9.97 Å². The van der Waals surface area contributed by atoms with Gasteiger partial charge < -0.3 is 20.9 Å². The number of nitrogens with one attached hydrogen (secondary N) is 3. The van der Waals surface area contributed by atoms with E-state index in [0.29, 0.717) is 37.2 Å². The molecule has 2 bridgehead atoms. The quantitative estimate of drug-likeness (QED) is 0.400. The molecule has 0 spiro atoms. The molecule has 0 aromatic carbocycles. The van der Waals surface area contributed by atoms with Crippen molar-refractivity contribution in [3.63, 3.8) is 0 Å². The minimum Gasteiger partial charge on any atom is -0.355 e. The van der Waals surface area contributed by atoms with E-state index in [0.717, 1.165) is 25.1 Å². The summed E-state index contributed by atoms with van der Waals surface area (Å²) in [6.45, 7) is 0.861. The molecule has 0 aliphatic carbocycles. The fourth-order valence-corrected chi connectivity index (χ4v) is 4.08. The Morgan fingerprint density at radius 2 is 1.96 bits per heavy atom. The second-order valence-corrected chi connectivity index (χ2v) is 7.41. The zero-order valence-electron chi connectivity index (χ0n) is 16.3. The summed E-state index contributed by atoms with van der Waals surface area (Å²) in [5.74, 6) is 0.669. The molecule has 1 aromatic rings. The van der Waals surface area contributed by atoms with Crippen molar-refractivity contribution >= 4 is 11.9 Å². The summed E-state index contributed by atoms with van der Waals surface area (Å²) in [6.07, 6.45) is 2.63. The van der Waals surface area contributed by atoms with E-state index in [-0.39, 0.29) is 5.95 Å². The first-order valence-electron chi connectivity index (χ1n) is 9.70. The third-order valence-electron chi connectivity index (χ3n) is 5.55. The van der Waals surface area contributed by atoms with Crippen LogP contribution in [-0.2, 0) is 6.18 Å². The van der Waals surface area contributed by atoms with Gasteiger partial charge in [0.15, 0.2) is 5.96 Å². The van der Waals surface area contributed by atoms with E-state index in [1.165, 1.54) is 19.3 Å². The summed E-state index contributed by atoms with van der Waals surface area (Å²) < 4.78 is 38.0. The molecule has 0 saturated carbocycles. The Balaban J connectivity index is 1.43. The predicted molar refractivity (Wildman–Crippen MR) is 102 cm³/mol. The van der Waals surface area contributed by atoms with Gasteiger partial charge in [0, 0.05) is 44.5 Å². The topological polar surface area (TPSA) is 77.5 Å². The van der Waals surface area contributed by atoms with Crippen LogP contribution in [-0.4, -0.2) is 66.1 Å². The second-order valence-electron chi connectivity index (χ2n) is 7.41. The van der Waals surface area contributed by atoms with E-state index < -0.39 is 11.9 Å². The lowest BCUT2D eigenvalue weighted by atomic mass is 9.82. The number of rotatable bonds is 5. The van der Waals surface area contributed by atoms with Crippen LogP contribution in [0.15, 0.2) is 17.3 Å². The normalized spacial score (nSPS) is 26.0. The Kier molecular flexibility index (Phi) is 6.58. The van der Waals surface area contributed by atoms with Crippen molar-refractivity contribution < 1.29 is 13.2 Å². The number of alkyl halides is 3. The van der Waals surface area contributed by atoms with E-state index in [4.69, 9.17) is 0 Å². The van der Waals surface area contributed by atoms with Gasteiger partial charge in [-0.3, -0.25) is 4.99 Å². The van der Waals surface area contributed by atoms with Crippen LogP contribution in [0.3, 0.4) is 0 Å². The van der Waals surface area contributed by atoms with Crippen LogP contribution >= 0.6 is 0 Å². The number of aliphatic imine (C=N–C) groups is 1. The maximum atomic E-state index is 12.7. The maximum Gasteiger partial charge on any atom is 0.433 e. The highest BCUT2D eigenvalue weighted by Crippen LogP contribution is 2.32. The van der Waals surface area contributed by atoms with Crippen molar-refractivity contribution in [2.75, 3.05) is 32.5 Å². The first-order chi connectivity index (χ1) is 13.4. The molecule has 2 fully saturated rings. The van der Waals surface area contributed by atoms with Crippen LogP contribution in [0.5, 0.6) is 0 Å². The van der Waals surface area contributed by atoms with Gasteiger partial charge in [0.1, 0.15) is 5.69 Å². The van der Waals surface area contributed by atoms with Crippen molar-refractivity contribution in [3.8, 4) is 0 Å². The van der Waals surface area contributed by atoms with E-state index in [9.17, 15) is 13.2 Å².